The molecule has 2 aliphatic heterocycles. The topological polar surface area (TPSA) is 49.6 Å². The van der Waals surface area contributed by atoms with Crippen molar-refractivity contribution in [1.82, 2.24) is 9.80 Å². The predicted molar refractivity (Wildman–Crippen MR) is 88.2 cm³/mol. The number of rotatable bonds is 4. The second-order valence-corrected chi connectivity index (χ2v) is 6.76. The molecule has 0 aliphatic carbocycles. The summed E-state index contributed by atoms with van der Waals surface area (Å²) in [4.78, 5) is 17.1. The lowest BCUT2D eigenvalue weighted by Crippen LogP contribution is -2.48. The number of carbonyl (C=O) groups excluding carboxylic acids is 1. The molecule has 23 heavy (non-hydrogen) atoms. The zero-order valence-corrected chi connectivity index (χ0v) is 13.6. The van der Waals surface area contributed by atoms with Gasteiger partial charge in [-0.25, -0.2) is 4.39 Å². The summed E-state index contributed by atoms with van der Waals surface area (Å²) in [5, 5.41) is 0. The monoisotopic (exact) mass is 319 g/mol. The first-order valence-corrected chi connectivity index (χ1v) is 8.64. The van der Waals surface area contributed by atoms with E-state index in [9.17, 15) is 9.18 Å². The van der Waals surface area contributed by atoms with Crippen molar-refractivity contribution < 1.29 is 9.18 Å². The zero-order chi connectivity index (χ0) is 16.2. The molecule has 2 fully saturated rings. The number of hydrogen-bond acceptors (Lipinski definition) is 3. The van der Waals surface area contributed by atoms with Gasteiger partial charge >= 0.3 is 0 Å². The van der Waals surface area contributed by atoms with E-state index in [0.717, 1.165) is 64.0 Å². The molecule has 4 nitrogen and oxygen atoms in total. The van der Waals surface area contributed by atoms with Crippen molar-refractivity contribution in [3.63, 3.8) is 0 Å². The summed E-state index contributed by atoms with van der Waals surface area (Å²) in [5.41, 5.74) is 6.79. The number of carbonyl (C=O) groups is 1. The summed E-state index contributed by atoms with van der Waals surface area (Å²) in [5.74, 6) is 0.614. The molecule has 1 aromatic rings. The van der Waals surface area contributed by atoms with E-state index in [0.29, 0.717) is 5.92 Å². The van der Waals surface area contributed by atoms with Crippen molar-refractivity contribution in [3.05, 3.63) is 35.6 Å². The molecule has 5 heteroatoms. The highest BCUT2D eigenvalue weighted by molar-refractivity contribution is 5.82. The molecule has 0 aromatic heterocycles. The lowest BCUT2D eigenvalue weighted by Gasteiger charge is -2.35. The van der Waals surface area contributed by atoms with Crippen LogP contribution in [0.2, 0.25) is 0 Å². The molecule has 2 aliphatic rings. The van der Waals surface area contributed by atoms with Crippen LogP contribution in [0.3, 0.4) is 0 Å². The number of nitrogens with zero attached hydrogens (tertiary/aromatic N) is 2. The van der Waals surface area contributed by atoms with E-state index in [2.05, 4.69) is 4.90 Å². The van der Waals surface area contributed by atoms with E-state index in [1.54, 1.807) is 0 Å². The fraction of sp³-hybridized carbons (Fsp3) is 0.611. The summed E-state index contributed by atoms with van der Waals surface area (Å²) >= 11 is 0. The van der Waals surface area contributed by atoms with Crippen LogP contribution in [0.5, 0.6) is 0 Å². The Hall–Kier alpha value is -1.46. The van der Waals surface area contributed by atoms with Crippen LogP contribution in [0.15, 0.2) is 24.3 Å². The third kappa shape index (κ3) is 3.90. The third-order valence-electron chi connectivity index (χ3n) is 5.21. The fourth-order valence-corrected chi connectivity index (χ4v) is 3.72. The van der Waals surface area contributed by atoms with Gasteiger partial charge in [-0.1, -0.05) is 12.1 Å². The molecule has 0 saturated carbocycles. The number of piperidine rings is 1. The molecule has 2 N–H and O–H groups in total. The van der Waals surface area contributed by atoms with Crippen LogP contribution in [-0.2, 0) is 11.3 Å². The molecule has 2 saturated heterocycles. The Morgan fingerprint density at radius 3 is 2.48 bits per heavy atom. The average molecular weight is 319 g/mol. The maximum Gasteiger partial charge on any atom is 0.239 e. The minimum absolute atomic E-state index is 0.0190. The van der Waals surface area contributed by atoms with Crippen molar-refractivity contribution in [2.45, 2.75) is 38.3 Å². The second-order valence-electron chi connectivity index (χ2n) is 6.76. The minimum atomic E-state index is -0.217. The number of likely N-dealkylation sites (tertiary alicyclic amines) is 2. The lowest BCUT2D eigenvalue weighted by atomic mass is 9.96. The highest BCUT2D eigenvalue weighted by Gasteiger charge is 2.34. The van der Waals surface area contributed by atoms with Crippen molar-refractivity contribution in [2.75, 3.05) is 26.2 Å². The van der Waals surface area contributed by atoms with Crippen molar-refractivity contribution >= 4 is 5.91 Å². The van der Waals surface area contributed by atoms with Crippen LogP contribution < -0.4 is 5.73 Å². The molecule has 0 spiro atoms. The standard InChI is InChI=1S/C18H26FN3O/c19-16-5-3-15(4-6-16)13-22-9-1-2-17(22)18(23)21-10-7-14(12-20)8-11-21/h3-6,14,17H,1-2,7-13,20H2/t17-/m1/s1. The van der Waals surface area contributed by atoms with Gasteiger partial charge < -0.3 is 10.6 Å². The number of nitrogens with two attached hydrogens (primary N) is 1. The number of benzene rings is 1. The summed E-state index contributed by atoms with van der Waals surface area (Å²) in [7, 11) is 0. The molecule has 1 atom stereocenters. The van der Waals surface area contributed by atoms with Gasteiger partial charge in [-0.2, -0.15) is 0 Å². The molecule has 1 aromatic carbocycles. The molecule has 126 valence electrons. The predicted octanol–water partition coefficient (Wildman–Crippen LogP) is 1.99. The minimum Gasteiger partial charge on any atom is -0.341 e. The van der Waals surface area contributed by atoms with Gasteiger partial charge in [0.1, 0.15) is 5.82 Å². The SMILES string of the molecule is NCC1CCN(C(=O)[C@H]2CCCN2Cc2ccc(F)cc2)CC1. The van der Waals surface area contributed by atoms with E-state index < -0.39 is 0 Å². The summed E-state index contributed by atoms with van der Waals surface area (Å²) in [6.07, 6.45) is 4.02. The summed E-state index contributed by atoms with van der Waals surface area (Å²) in [6, 6.07) is 6.57. The molecule has 0 radical (unpaired) electrons. The smallest absolute Gasteiger partial charge is 0.239 e. The maximum atomic E-state index is 13.0. The maximum absolute atomic E-state index is 13.0. The first kappa shape index (κ1) is 16.4. The Morgan fingerprint density at radius 1 is 1.13 bits per heavy atom. The van der Waals surface area contributed by atoms with Gasteiger partial charge in [0.2, 0.25) is 5.91 Å². The molecule has 1 amide bonds. The van der Waals surface area contributed by atoms with Crippen LogP contribution in [0, 0.1) is 11.7 Å². The van der Waals surface area contributed by atoms with E-state index in [-0.39, 0.29) is 17.8 Å². The Morgan fingerprint density at radius 2 is 1.83 bits per heavy atom. The second kappa shape index (κ2) is 7.41. The molecule has 2 heterocycles. The summed E-state index contributed by atoms with van der Waals surface area (Å²) < 4.78 is 13.0. The van der Waals surface area contributed by atoms with Gasteiger partial charge in [-0.3, -0.25) is 9.69 Å². The van der Waals surface area contributed by atoms with Crippen molar-refractivity contribution in [3.8, 4) is 0 Å². The van der Waals surface area contributed by atoms with Gasteiger partial charge in [-0.05, 0) is 62.4 Å². The fourth-order valence-electron chi connectivity index (χ4n) is 3.72. The Balaban J connectivity index is 1.60. The molecule has 3 rings (SSSR count). The van der Waals surface area contributed by atoms with E-state index in [4.69, 9.17) is 5.73 Å². The van der Waals surface area contributed by atoms with E-state index >= 15 is 0 Å². The highest BCUT2D eigenvalue weighted by Crippen LogP contribution is 2.24. The molecular weight excluding hydrogens is 293 g/mol. The Labute approximate surface area is 137 Å². The quantitative estimate of drug-likeness (QED) is 0.923. The number of halogens is 1. The van der Waals surface area contributed by atoms with Crippen LogP contribution >= 0.6 is 0 Å². The number of amides is 1. The first-order valence-electron chi connectivity index (χ1n) is 8.64. The van der Waals surface area contributed by atoms with Crippen LogP contribution in [-0.4, -0.2) is 47.9 Å². The molecule has 0 unspecified atom stereocenters. The van der Waals surface area contributed by atoms with Gasteiger partial charge in [-0.15, -0.1) is 0 Å². The van der Waals surface area contributed by atoms with Gasteiger partial charge in [0.25, 0.3) is 0 Å². The van der Waals surface area contributed by atoms with Crippen molar-refractivity contribution in [2.24, 2.45) is 11.7 Å². The summed E-state index contributed by atoms with van der Waals surface area (Å²) in [6.45, 7) is 4.05. The van der Waals surface area contributed by atoms with E-state index in [1.807, 2.05) is 17.0 Å². The highest BCUT2D eigenvalue weighted by atomic mass is 19.1. The van der Waals surface area contributed by atoms with Gasteiger partial charge in [0.15, 0.2) is 0 Å². The first-order chi connectivity index (χ1) is 11.2. The van der Waals surface area contributed by atoms with Crippen LogP contribution in [0.1, 0.15) is 31.2 Å². The van der Waals surface area contributed by atoms with Gasteiger partial charge in [0.05, 0.1) is 6.04 Å². The zero-order valence-electron chi connectivity index (χ0n) is 13.6. The number of hydrogen-bond donors (Lipinski definition) is 1. The van der Waals surface area contributed by atoms with Crippen LogP contribution in [0.25, 0.3) is 0 Å². The van der Waals surface area contributed by atoms with Gasteiger partial charge in [0, 0.05) is 19.6 Å². The largest absolute Gasteiger partial charge is 0.341 e. The molecule has 0 bridgehead atoms. The average Bonchev–Trinajstić information content (AvgIpc) is 3.04. The van der Waals surface area contributed by atoms with Crippen LogP contribution in [0.4, 0.5) is 4.39 Å². The van der Waals surface area contributed by atoms with Crippen molar-refractivity contribution in [1.29, 1.82) is 0 Å². The Bertz CT molecular complexity index is 526. The third-order valence-corrected chi connectivity index (χ3v) is 5.21. The Kier molecular flexibility index (Phi) is 5.28. The lowest BCUT2D eigenvalue weighted by molar-refractivity contribution is -0.137. The van der Waals surface area contributed by atoms with E-state index in [1.165, 1.54) is 12.1 Å². The normalized spacial score (nSPS) is 23.4. The molecular formula is C18H26FN3O.